The third-order valence-electron chi connectivity index (χ3n) is 5.61. The summed E-state index contributed by atoms with van der Waals surface area (Å²) in [6.45, 7) is 1.74. The number of carbonyl (C=O) groups excluding carboxylic acids is 2. The van der Waals surface area contributed by atoms with Gasteiger partial charge in [0, 0.05) is 31.7 Å². The Kier molecular flexibility index (Phi) is 5.26. The van der Waals surface area contributed by atoms with E-state index in [1.165, 1.54) is 12.1 Å². The van der Waals surface area contributed by atoms with E-state index in [4.69, 9.17) is 13.9 Å². The number of piperazine rings is 1. The first kappa shape index (κ1) is 20.1. The lowest BCUT2D eigenvalue weighted by molar-refractivity contribution is -0.142. The Labute approximate surface area is 183 Å². The predicted octanol–water partition coefficient (Wildman–Crippen LogP) is 3.21. The van der Waals surface area contributed by atoms with Gasteiger partial charge in [-0.05, 0) is 48.5 Å². The minimum Gasteiger partial charge on any atom is -0.485 e. The van der Waals surface area contributed by atoms with Gasteiger partial charge >= 0.3 is 0 Å². The first-order valence-corrected chi connectivity index (χ1v) is 10.4. The molecule has 1 fully saturated rings. The van der Waals surface area contributed by atoms with Crippen molar-refractivity contribution >= 4 is 11.8 Å². The largest absolute Gasteiger partial charge is 0.485 e. The maximum Gasteiger partial charge on any atom is 0.289 e. The van der Waals surface area contributed by atoms with Crippen molar-refractivity contribution in [2.75, 3.05) is 32.8 Å². The van der Waals surface area contributed by atoms with E-state index in [1.807, 2.05) is 12.1 Å². The number of halogens is 1. The molecule has 2 amide bonds. The molecule has 1 atom stereocenters. The molecule has 0 saturated carbocycles. The number of para-hydroxylation sites is 2. The topological polar surface area (TPSA) is 72.2 Å². The van der Waals surface area contributed by atoms with Gasteiger partial charge in [0.2, 0.25) is 6.10 Å². The van der Waals surface area contributed by atoms with Crippen LogP contribution in [-0.4, -0.2) is 60.5 Å². The molecule has 2 aliphatic rings. The van der Waals surface area contributed by atoms with Crippen molar-refractivity contribution in [2.24, 2.45) is 0 Å². The third-order valence-corrected chi connectivity index (χ3v) is 5.61. The average Bonchev–Trinajstić information content (AvgIpc) is 3.34. The number of rotatable bonds is 3. The fourth-order valence-corrected chi connectivity index (χ4v) is 3.85. The van der Waals surface area contributed by atoms with Gasteiger partial charge in [0.1, 0.15) is 18.2 Å². The molecule has 1 saturated heterocycles. The van der Waals surface area contributed by atoms with Crippen LogP contribution in [0.3, 0.4) is 0 Å². The zero-order valence-corrected chi connectivity index (χ0v) is 17.2. The maximum absolute atomic E-state index is 13.1. The minimum atomic E-state index is -0.699. The van der Waals surface area contributed by atoms with Crippen LogP contribution in [0.5, 0.6) is 11.5 Å². The first-order valence-electron chi connectivity index (χ1n) is 10.4. The Morgan fingerprint density at radius 3 is 2.28 bits per heavy atom. The Balaban J connectivity index is 1.18. The molecule has 164 valence electrons. The second kappa shape index (κ2) is 8.37. The lowest BCUT2D eigenvalue weighted by Gasteiger charge is -2.36. The van der Waals surface area contributed by atoms with E-state index < -0.39 is 6.10 Å². The van der Waals surface area contributed by atoms with Gasteiger partial charge < -0.3 is 23.7 Å². The highest BCUT2D eigenvalue weighted by Crippen LogP contribution is 2.31. The van der Waals surface area contributed by atoms with Crippen molar-refractivity contribution < 1.29 is 27.9 Å². The number of furan rings is 1. The van der Waals surface area contributed by atoms with E-state index in [9.17, 15) is 14.0 Å². The highest BCUT2D eigenvalue weighted by atomic mass is 19.1. The number of amides is 2. The molecule has 3 heterocycles. The van der Waals surface area contributed by atoms with Crippen LogP contribution >= 0.6 is 0 Å². The van der Waals surface area contributed by atoms with Crippen molar-refractivity contribution in [2.45, 2.75) is 6.10 Å². The van der Waals surface area contributed by atoms with Gasteiger partial charge in [-0.25, -0.2) is 4.39 Å². The zero-order valence-electron chi connectivity index (χ0n) is 17.2. The van der Waals surface area contributed by atoms with Crippen LogP contribution in [0.1, 0.15) is 10.6 Å². The monoisotopic (exact) mass is 436 g/mol. The fourth-order valence-electron chi connectivity index (χ4n) is 3.85. The molecule has 2 aliphatic heterocycles. The predicted molar refractivity (Wildman–Crippen MR) is 113 cm³/mol. The molecule has 0 unspecified atom stereocenters. The van der Waals surface area contributed by atoms with Crippen molar-refractivity contribution in [3.8, 4) is 22.8 Å². The molecule has 0 spiro atoms. The second-order valence-corrected chi connectivity index (χ2v) is 7.65. The lowest BCUT2D eigenvalue weighted by Crippen LogP contribution is -2.55. The standard InChI is InChI=1S/C24H21FN2O5/c25-17-7-5-16(6-8-17)18-9-10-21(31-18)23(28)26-11-13-27(14-12-26)24(29)22-15-30-19-3-1-2-4-20(19)32-22/h1-10,22H,11-15H2/t22-/m1/s1. The van der Waals surface area contributed by atoms with E-state index >= 15 is 0 Å². The van der Waals surface area contributed by atoms with E-state index in [0.29, 0.717) is 49.0 Å². The molecule has 0 N–H and O–H groups in total. The number of hydrogen-bond donors (Lipinski definition) is 0. The van der Waals surface area contributed by atoms with E-state index in [0.717, 1.165) is 0 Å². The summed E-state index contributed by atoms with van der Waals surface area (Å²) in [6, 6.07) is 16.4. The van der Waals surface area contributed by atoms with Gasteiger partial charge in [-0.3, -0.25) is 9.59 Å². The van der Waals surface area contributed by atoms with Crippen LogP contribution in [0.25, 0.3) is 11.3 Å². The summed E-state index contributed by atoms with van der Waals surface area (Å²) in [4.78, 5) is 29.1. The maximum atomic E-state index is 13.1. The summed E-state index contributed by atoms with van der Waals surface area (Å²) < 4.78 is 30.3. The number of fused-ring (bicyclic) bond motifs is 1. The van der Waals surface area contributed by atoms with E-state index in [-0.39, 0.29) is 30.0 Å². The number of ether oxygens (including phenoxy) is 2. The second-order valence-electron chi connectivity index (χ2n) is 7.65. The van der Waals surface area contributed by atoms with Crippen LogP contribution in [0.15, 0.2) is 65.1 Å². The van der Waals surface area contributed by atoms with Gasteiger partial charge in [0.05, 0.1) is 0 Å². The summed E-state index contributed by atoms with van der Waals surface area (Å²) in [7, 11) is 0. The van der Waals surface area contributed by atoms with Crippen molar-refractivity contribution in [3.05, 3.63) is 72.2 Å². The molecule has 8 heteroatoms. The normalized spacial score (nSPS) is 17.8. The number of benzene rings is 2. The van der Waals surface area contributed by atoms with E-state index in [2.05, 4.69) is 0 Å². The third kappa shape index (κ3) is 3.91. The lowest BCUT2D eigenvalue weighted by atomic mass is 10.2. The highest BCUT2D eigenvalue weighted by Gasteiger charge is 2.34. The molecule has 0 aliphatic carbocycles. The fraction of sp³-hybridized carbons (Fsp3) is 0.250. The number of hydrogen-bond acceptors (Lipinski definition) is 5. The molecule has 5 rings (SSSR count). The molecule has 32 heavy (non-hydrogen) atoms. The molecule has 2 aromatic carbocycles. The number of carbonyl (C=O) groups is 2. The molecular weight excluding hydrogens is 415 g/mol. The van der Waals surface area contributed by atoms with Gasteiger partial charge in [-0.2, -0.15) is 0 Å². The number of nitrogens with zero attached hydrogens (tertiary/aromatic N) is 2. The minimum absolute atomic E-state index is 0.150. The van der Waals surface area contributed by atoms with Gasteiger partial charge in [-0.1, -0.05) is 12.1 Å². The van der Waals surface area contributed by atoms with Crippen molar-refractivity contribution in [3.63, 3.8) is 0 Å². The smallest absolute Gasteiger partial charge is 0.289 e. The summed E-state index contributed by atoms with van der Waals surface area (Å²) in [5.41, 5.74) is 0.692. The molecule has 7 nitrogen and oxygen atoms in total. The van der Waals surface area contributed by atoms with Gasteiger partial charge in [0.15, 0.2) is 17.3 Å². The van der Waals surface area contributed by atoms with Crippen LogP contribution in [0.2, 0.25) is 0 Å². The molecular formula is C24H21FN2O5. The van der Waals surface area contributed by atoms with Crippen LogP contribution in [0.4, 0.5) is 4.39 Å². The van der Waals surface area contributed by atoms with Gasteiger partial charge in [0.25, 0.3) is 11.8 Å². The Morgan fingerprint density at radius 1 is 0.844 bits per heavy atom. The van der Waals surface area contributed by atoms with Crippen LogP contribution < -0.4 is 9.47 Å². The molecule has 3 aromatic rings. The summed E-state index contributed by atoms with van der Waals surface area (Å²) in [6.07, 6.45) is -0.699. The first-order chi connectivity index (χ1) is 15.6. The van der Waals surface area contributed by atoms with E-state index in [1.54, 1.807) is 46.2 Å². The summed E-state index contributed by atoms with van der Waals surface area (Å²) in [5, 5.41) is 0. The molecule has 0 radical (unpaired) electrons. The Hall–Kier alpha value is -3.81. The molecule has 1 aromatic heterocycles. The SMILES string of the molecule is O=C(c1ccc(-c2ccc(F)cc2)o1)N1CCN(C(=O)[C@H]2COc3ccccc3O2)CC1. The summed E-state index contributed by atoms with van der Waals surface area (Å²) in [5.74, 6) is 1.17. The quantitative estimate of drug-likeness (QED) is 0.631. The summed E-state index contributed by atoms with van der Waals surface area (Å²) >= 11 is 0. The Morgan fingerprint density at radius 2 is 1.53 bits per heavy atom. The molecule has 0 bridgehead atoms. The highest BCUT2D eigenvalue weighted by molar-refractivity contribution is 5.92. The van der Waals surface area contributed by atoms with Crippen molar-refractivity contribution in [1.82, 2.24) is 9.80 Å². The zero-order chi connectivity index (χ0) is 22.1. The average molecular weight is 436 g/mol. The van der Waals surface area contributed by atoms with Crippen LogP contribution in [-0.2, 0) is 4.79 Å². The van der Waals surface area contributed by atoms with Gasteiger partial charge in [-0.15, -0.1) is 0 Å². The van der Waals surface area contributed by atoms with Crippen molar-refractivity contribution in [1.29, 1.82) is 0 Å². The Bertz CT molecular complexity index is 1140. The van der Waals surface area contributed by atoms with Crippen LogP contribution in [0, 0.1) is 5.82 Å².